The van der Waals surface area contributed by atoms with Crippen LogP contribution in [0.2, 0.25) is 0 Å². The Bertz CT molecular complexity index is 1040. The topological polar surface area (TPSA) is 75.2 Å². The number of alkyl halides is 3. The summed E-state index contributed by atoms with van der Waals surface area (Å²) in [6.07, 6.45) is -0.781. The summed E-state index contributed by atoms with van der Waals surface area (Å²) >= 11 is 0. The molecule has 3 heterocycles. The van der Waals surface area contributed by atoms with Gasteiger partial charge in [0, 0.05) is 34.8 Å². The number of anilines is 1. The molecule has 0 radical (unpaired) electrons. The zero-order valence-electron chi connectivity index (χ0n) is 17.4. The molecule has 9 heteroatoms. The van der Waals surface area contributed by atoms with Crippen molar-refractivity contribution < 1.29 is 22.6 Å². The van der Waals surface area contributed by atoms with Crippen LogP contribution in [0.5, 0.6) is 0 Å². The highest BCUT2D eigenvalue weighted by molar-refractivity contribution is 5.65. The molecule has 2 aromatic rings. The molecule has 5 fully saturated rings. The van der Waals surface area contributed by atoms with Gasteiger partial charge < -0.3 is 15.2 Å². The lowest BCUT2D eigenvalue weighted by atomic mass is 10.00. The number of fused-ring (bicyclic) bond motifs is 1. The summed E-state index contributed by atoms with van der Waals surface area (Å²) in [6, 6.07) is 3.19. The number of nitrogen functional groups attached to an aromatic ring is 1. The van der Waals surface area contributed by atoms with Gasteiger partial charge >= 0.3 is 6.18 Å². The quantitative estimate of drug-likeness (QED) is 0.748. The van der Waals surface area contributed by atoms with Crippen LogP contribution in [0, 0.1) is 17.8 Å². The number of rotatable bonds is 6. The molecule has 31 heavy (non-hydrogen) atoms. The highest BCUT2D eigenvalue weighted by atomic mass is 19.4. The Kier molecular flexibility index (Phi) is 3.92. The Morgan fingerprint density at radius 2 is 2.10 bits per heavy atom. The molecule has 1 saturated heterocycles. The number of aromatic nitrogens is 3. The van der Waals surface area contributed by atoms with E-state index in [0.717, 1.165) is 24.6 Å². The minimum absolute atomic E-state index is 0.0814. The van der Waals surface area contributed by atoms with Crippen molar-refractivity contribution in [3.05, 3.63) is 29.6 Å². The molecule has 166 valence electrons. The minimum Gasteiger partial charge on any atom is -0.383 e. The summed E-state index contributed by atoms with van der Waals surface area (Å²) in [5, 5.41) is 4.75. The van der Waals surface area contributed by atoms with Crippen LogP contribution in [0.3, 0.4) is 0 Å². The summed E-state index contributed by atoms with van der Waals surface area (Å²) in [6.45, 7) is 5.54. The molecule has 6 unspecified atom stereocenters. The molecule has 4 saturated carbocycles. The second-order valence-corrected chi connectivity index (χ2v) is 9.43. The SMILES string of the molecule is CCC(C)n1nc(-c2cnc(N)c(C(F)(F)F)c2)cc1C12C3CC(OC4COC4)C1C32. The third-order valence-electron chi connectivity index (χ3n) is 7.89. The zero-order valence-corrected chi connectivity index (χ0v) is 17.4. The predicted octanol–water partition coefficient (Wildman–Crippen LogP) is 3.82. The summed E-state index contributed by atoms with van der Waals surface area (Å²) < 4.78 is 53.5. The van der Waals surface area contributed by atoms with Gasteiger partial charge in [0.05, 0.1) is 30.6 Å². The number of nitrogens with two attached hydrogens (primary N) is 1. The number of ether oxygens (including phenoxy) is 2. The first kappa shape index (κ1) is 19.5. The normalized spacial score (nSPS) is 34.4. The lowest BCUT2D eigenvalue weighted by molar-refractivity contribution is -0.155. The van der Waals surface area contributed by atoms with Gasteiger partial charge in [-0.3, -0.25) is 4.68 Å². The van der Waals surface area contributed by atoms with Crippen LogP contribution < -0.4 is 5.73 Å². The lowest BCUT2D eigenvalue weighted by Gasteiger charge is -2.29. The third-order valence-corrected chi connectivity index (χ3v) is 7.89. The van der Waals surface area contributed by atoms with E-state index in [4.69, 9.17) is 20.3 Å². The van der Waals surface area contributed by atoms with Crippen molar-refractivity contribution in [1.82, 2.24) is 14.8 Å². The van der Waals surface area contributed by atoms with Crippen molar-refractivity contribution in [2.75, 3.05) is 18.9 Å². The minimum atomic E-state index is -4.55. The van der Waals surface area contributed by atoms with E-state index in [0.29, 0.717) is 42.2 Å². The van der Waals surface area contributed by atoms with Crippen molar-refractivity contribution in [2.45, 2.75) is 56.5 Å². The van der Waals surface area contributed by atoms with Gasteiger partial charge in [-0.2, -0.15) is 18.3 Å². The van der Waals surface area contributed by atoms with Gasteiger partial charge in [0.1, 0.15) is 11.9 Å². The highest BCUT2D eigenvalue weighted by Gasteiger charge is 2.93. The molecule has 6 nitrogen and oxygen atoms in total. The van der Waals surface area contributed by atoms with Crippen LogP contribution in [0.4, 0.5) is 19.0 Å². The average molecular weight is 434 g/mol. The molecule has 6 atom stereocenters. The Hall–Kier alpha value is -2.13. The van der Waals surface area contributed by atoms with Gasteiger partial charge in [-0.15, -0.1) is 0 Å². The van der Waals surface area contributed by atoms with E-state index in [-0.39, 0.29) is 23.7 Å². The smallest absolute Gasteiger partial charge is 0.383 e. The Labute approximate surface area is 177 Å². The molecular weight excluding hydrogens is 409 g/mol. The molecule has 2 aromatic heterocycles. The lowest BCUT2D eigenvalue weighted by Crippen LogP contribution is -2.39. The number of pyridine rings is 1. The van der Waals surface area contributed by atoms with E-state index in [1.165, 1.54) is 6.20 Å². The van der Waals surface area contributed by atoms with Gasteiger partial charge in [-0.25, -0.2) is 4.98 Å². The van der Waals surface area contributed by atoms with Crippen LogP contribution in [-0.2, 0) is 21.1 Å². The average Bonchev–Trinajstić information content (AvgIpc) is 3.28. The first-order chi connectivity index (χ1) is 14.8. The Morgan fingerprint density at radius 1 is 1.32 bits per heavy atom. The summed E-state index contributed by atoms with van der Waals surface area (Å²) in [5.41, 5.74) is 6.63. The molecule has 2 bridgehead atoms. The molecule has 0 aromatic carbocycles. The molecule has 1 aliphatic heterocycles. The van der Waals surface area contributed by atoms with Gasteiger partial charge in [-0.1, -0.05) is 6.92 Å². The maximum atomic E-state index is 13.3. The molecule has 2 N–H and O–H groups in total. The zero-order chi connectivity index (χ0) is 21.7. The molecule has 0 amide bonds. The fourth-order valence-electron chi connectivity index (χ4n) is 6.05. The first-order valence-electron chi connectivity index (χ1n) is 10.9. The largest absolute Gasteiger partial charge is 0.419 e. The van der Waals surface area contributed by atoms with Crippen molar-refractivity contribution >= 4 is 5.82 Å². The van der Waals surface area contributed by atoms with E-state index < -0.39 is 17.6 Å². The van der Waals surface area contributed by atoms with Crippen LogP contribution in [0.25, 0.3) is 11.3 Å². The highest BCUT2D eigenvalue weighted by Crippen LogP contribution is 2.91. The van der Waals surface area contributed by atoms with E-state index in [1.807, 2.05) is 10.7 Å². The number of halogens is 3. The number of nitrogens with zero attached hydrogens (tertiary/aromatic N) is 3. The molecule has 0 spiro atoms. The van der Waals surface area contributed by atoms with E-state index in [1.54, 1.807) is 0 Å². The fraction of sp³-hybridized carbons (Fsp3) is 0.636. The molecular formula is C22H25F3N4O2. The van der Waals surface area contributed by atoms with Crippen LogP contribution in [-0.4, -0.2) is 40.2 Å². The first-order valence-corrected chi connectivity index (χ1v) is 10.9. The summed E-state index contributed by atoms with van der Waals surface area (Å²) in [4.78, 5) is 3.79. The van der Waals surface area contributed by atoms with E-state index >= 15 is 0 Å². The predicted molar refractivity (Wildman–Crippen MR) is 106 cm³/mol. The Balaban J connectivity index is 1.35. The summed E-state index contributed by atoms with van der Waals surface area (Å²) in [5.74, 6) is 1.17. The van der Waals surface area contributed by atoms with Crippen LogP contribution >= 0.6 is 0 Å². The van der Waals surface area contributed by atoms with Crippen LogP contribution in [0.15, 0.2) is 18.3 Å². The van der Waals surface area contributed by atoms with E-state index in [2.05, 4.69) is 18.8 Å². The Morgan fingerprint density at radius 3 is 2.71 bits per heavy atom. The number of hydrogen-bond acceptors (Lipinski definition) is 5. The van der Waals surface area contributed by atoms with Crippen molar-refractivity contribution in [3.63, 3.8) is 0 Å². The standard InChI is InChI=1S/C22H25F3N4O2/c1-3-10(2)29-17(21-13-5-16(19(21)18(13)21)31-12-8-30-9-12)6-15(28-29)11-4-14(22(23,24)25)20(26)27-7-11/h4,6-7,10,12-13,16,18-19H,3,5,8-9H2,1-2H3,(H2,26,27). The maximum Gasteiger partial charge on any atom is 0.419 e. The number of hydrogen-bond donors (Lipinski definition) is 1. The van der Waals surface area contributed by atoms with Crippen molar-refractivity contribution in [2.24, 2.45) is 17.8 Å². The van der Waals surface area contributed by atoms with Gasteiger partial charge in [0.25, 0.3) is 0 Å². The monoisotopic (exact) mass is 434 g/mol. The second-order valence-electron chi connectivity index (χ2n) is 9.43. The molecule has 5 aliphatic rings. The second kappa shape index (κ2) is 6.22. The van der Waals surface area contributed by atoms with Gasteiger partial charge in [0.15, 0.2) is 0 Å². The third kappa shape index (κ3) is 2.59. The van der Waals surface area contributed by atoms with Crippen LogP contribution in [0.1, 0.15) is 44.0 Å². The van der Waals surface area contributed by atoms with E-state index in [9.17, 15) is 13.2 Å². The van der Waals surface area contributed by atoms with Crippen molar-refractivity contribution in [1.29, 1.82) is 0 Å². The molecule has 4 aliphatic carbocycles. The molecule has 7 rings (SSSR count). The van der Waals surface area contributed by atoms with Gasteiger partial charge in [-0.05, 0) is 43.7 Å². The van der Waals surface area contributed by atoms with Gasteiger partial charge in [0.2, 0.25) is 0 Å². The fourth-order valence-corrected chi connectivity index (χ4v) is 6.05. The van der Waals surface area contributed by atoms with Crippen molar-refractivity contribution in [3.8, 4) is 11.3 Å². The maximum absolute atomic E-state index is 13.3. The summed E-state index contributed by atoms with van der Waals surface area (Å²) in [7, 11) is 0.